The lowest BCUT2D eigenvalue weighted by Gasteiger charge is -2.38. The second-order valence-corrected chi connectivity index (χ2v) is 14.3. The van der Waals surface area contributed by atoms with Gasteiger partial charge >= 0.3 is 0 Å². The van der Waals surface area contributed by atoms with E-state index in [2.05, 4.69) is 54.1 Å². The molecule has 3 heterocycles. The van der Waals surface area contributed by atoms with Gasteiger partial charge in [-0.25, -0.2) is 15.0 Å². The van der Waals surface area contributed by atoms with Gasteiger partial charge < -0.3 is 19.3 Å². The second kappa shape index (κ2) is 8.16. The van der Waals surface area contributed by atoms with E-state index < -0.39 is 20.6 Å². The second-order valence-electron chi connectivity index (χ2n) is 9.53. The molecule has 1 amide bonds. The standard InChI is InChI=1S/C20H31N5O4Si/c1-12(2)19(27)24-17-16-18(22-10-21-17)25(11-23-16)15-8-13(14(9-26)28-15)29-30(6,7)20(3,4)5/h9-15H,8H2,1-7H3,(H,21,22,24,27)/t13?,14-,15-/m1/s1. The lowest BCUT2D eigenvalue weighted by molar-refractivity contribution is -0.122. The van der Waals surface area contributed by atoms with Gasteiger partial charge in [-0.2, -0.15) is 0 Å². The fourth-order valence-electron chi connectivity index (χ4n) is 3.04. The highest BCUT2D eigenvalue weighted by Crippen LogP contribution is 2.41. The van der Waals surface area contributed by atoms with Gasteiger partial charge in [-0.3, -0.25) is 9.36 Å². The van der Waals surface area contributed by atoms with Gasteiger partial charge in [0, 0.05) is 12.3 Å². The van der Waals surface area contributed by atoms with E-state index in [4.69, 9.17) is 9.16 Å². The molecule has 1 aliphatic heterocycles. The van der Waals surface area contributed by atoms with Gasteiger partial charge in [0.15, 0.2) is 31.6 Å². The number of hydrogen-bond donors (Lipinski definition) is 1. The van der Waals surface area contributed by atoms with Crippen molar-refractivity contribution in [2.45, 2.75) is 77.6 Å². The van der Waals surface area contributed by atoms with Crippen molar-refractivity contribution in [2.24, 2.45) is 5.92 Å². The third-order valence-corrected chi connectivity index (χ3v) is 10.4. The lowest BCUT2D eigenvalue weighted by Crippen LogP contribution is -2.46. The first-order valence-electron chi connectivity index (χ1n) is 10.2. The van der Waals surface area contributed by atoms with Crippen LogP contribution in [0.2, 0.25) is 18.1 Å². The minimum absolute atomic E-state index is 0.0248. The number of anilines is 1. The van der Waals surface area contributed by atoms with Crippen molar-refractivity contribution in [2.75, 3.05) is 5.32 Å². The summed E-state index contributed by atoms with van der Waals surface area (Å²) in [5, 5.41) is 2.81. The fraction of sp³-hybridized carbons (Fsp3) is 0.650. The van der Waals surface area contributed by atoms with Gasteiger partial charge in [-0.1, -0.05) is 34.6 Å². The zero-order chi connectivity index (χ0) is 22.3. The molecule has 1 aliphatic rings. The molecule has 0 bridgehead atoms. The maximum absolute atomic E-state index is 12.1. The highest BCUT2D eigenvalue weighted by Gasteiger charge is 2.45. The maximum atomic E-state index is 12.1. The van der Waals surface area contributed by atoms with Crippen molar-refractivity contribution < 1.29 is 18.8 Å². The molecular formula is C20H31N5O4Si. The van der Waals surface area contributed by atoms with E-state index in [-0.39, 0.29) is 23.0 Å². The molecule has 0 spiro atoms. The molecule has 2 aromatic heterocycles. The van der Waals surface area contributed by atoms with Crippen molar-refractivity contribution in [3.05, 3.63) is 12.7 Å². The zero-order valence-corrected chi connectivity index (χ0v) is 19.7. The summed E-state index contributed by atoms with van der Waals surface area (Å²) in [5.74, 6) is 0.0267. The molecule has 0 radical (unpaired) electrons. The van der Waals surface area contributed by atoms with Crippen LogP contribution in [0.15, 0.2) is 12.7 Å². The summed E-state index contributed by atoms with van der Waals surface area (Å²) >= 11 is 0. The molecule has 0 aliphatic carbocycles. The quantitative estimate of drug-likeness (QED) is 0.550. The van der Waals surface area contributed by atoms with Gasteiger partial charge in [-0.05, 0) is 18.1 Å². The van der Waals surface area contributed by atoms with Crippen LogP contribution < -0.4 is 5.32 Å². The third-order valence-electron chi connectivity index (χ3n) is 5.94. The summed E-state index contributed by atoms with van der Waals surface area (Å²) in [6.45, 7) is 14.4. The number of carbonyl (C=O) groups is 2. The van der Waals surface area contributed by atoms with Gasteiger partial charge in [0.25, 0.3) is 0 Å². The van der Waals surface area contributed by atoms with Crippen molar-refractivity contribution in [1.29, 1.82) is 0 Å². The van der Waals surface area contributed by atoms with Crippen molar-refractivity contribution >= 4 is 37.5 Å². The molecule has 0 saturated carbocycles. The van der Waals surface area contributed by atoms with Crippen LogP contribution in [0.4, 0.5) is 5.82 Å². The van der Waals surface area contributed by atoms with Gasteiger partial charge in [0.05, 0.1) is 12.4 Å². The van der Waals surface area contributed by atoms with Crippen LogP contribution in [0.1, 0.15) is 47.3 Å². The first-order valence-corrected chi connectivity index (χ1v) is 13.1. The monoisotopic (exact) mass is 433 g/mol. The minimum Gasteiger partial charge on any atom is -0.411 e. The number of carbonyl (C=O) groups excluding carboxylic acids is 2. The molecule has 0 aromatic carbocycles. The number of nitrogens with zero attached hydrogens (tertiary/aromatic N) is 4. The number of rotatable bonds is 6. The average Bonchev–Trinajstić information content (AvgIpc) is 3.24. The molecule has 2 aromatic rings. The molecule has 164 valence electrons. The smallest absolute Gasteiger partial charge is 0.228 e. The van der Waals surface area contributed by atoms with Crippen LogP contribution in [-0.2, 0) is 18.8 Å². The highest BCUT2D eigenvalue weighted by molar-refractivity contribution is 6.74. The lowest BCUT2D eigenvalue weighted by atomic mass is 10.2. The predicted molar refractivity (Wildman–Crippen MR) is 115 cm³/mol. The Balaban J connectivity index is 1.86. The molecular weight excluding hydrogens is 402 g/mol. The van der Waals surface area contributed by atoms with E-state index in [0.717, 1.165) is 6.29 Å². The number of nitrogens with one attached hydrogen (secondary N) is 1. The molecule has 30 heavy (non-hydrogen) atoms. The Kier molecular flexibility index (Phi) is 6.12. The summed E-state index contributed by atoms with van der Waals surface area (Å²) < 4.78 is 14.2. The summed E-state index contributed by atoms with van der Waals surface area (Å²) in [6, 6.07) is 0. The SMILES string of the molecule is CC(C)C(=O)Nc1ncnc2c1ncn2[C@H]1CC(O[Si](C)(C)C(C)(C)C)[C@@H](C=O)O1. The number of aromatic nitrogens is 4. The number of fused-ring (bicyclic) bond motifs is 1. The van der Waals surface area contributed by atoms with Crippen LogP contribution in [0.25, 0.3) is 11.2 Å². The molecule has 3 atom stereocenters. The van der Waals surface area contributed by atoms with E-state index in [0.29, 0.717) is 23.4 Å². The Morgan fingerprint density at radius 3 is 2.63 bits per heavy atom. The van der Waals surface area contributed by atoms with Crippen molar-refractivity contribution in [1.82, 2.24) is 19.5 Å². The first-order chi connectivity index (χ1) is 13.9. The number of amides is 1. The zero-order valence-electron chi connectivity index (χ0n) is 18.7. The van der Waals surface area contributed by atoms with Crippen LogP contribution in [0, 0.1) is 5.92 Å². The Morgan fingerprint density at radius 2 is 2.03 bits per heavy atom. The molecule has 1 unspecified atom stereocenters. The normalized spacial score (nSPS) is 22.6. The molecule has 10 heteroatoms. The highest BCUT2D eigenvalue weighted by atomic mass is 28.4. The van der Waals surface area contributed by atoms with Crippen molar-refractivity contribution in [3.8, 4) is 0 Å². The third kappa shape index (κ3) is 4.30. The topological polar surface area (TPSA) is 108 Å². The van der Waals surface area contributed by atoms with E-state index in [1.54, 1.807) is 24.7 Å². The molecule has 1 saturated heterocycles. The minimum atomic E-state index is -2.07. The molecule has 1 N–H and O–H groups in total. The van der Waals surface area contributed by atoms with Crippen LogP contribution in [-0.4, -0.2) is 52.2 Å². The Labute approximate surface area is 177 Å². The summed E-state index contributed by atoms with van der Waals surface area (Å²) in [5.41, 5.74) is 1.01. The van der Waals surface area contributed by atoms with Gasteiger partial charge in [0.2, 0.25) is 5.91 Å². The van der Waals surface area contributed by atoms with E-state index >= 15 is 0 Å². The fourth-order valence-corrected chi connectivity index (χ4v) is 4.38. The Morgan fingerprint density at radius 1 is 1.33 bits per heavy atom. The first kappa shape index (κ1) is 22.5. The summed E-state index contributed by atoms with van der Waals surface area (Å²) in [6.07, 6.45) is 2.89. The van der Waals surface area contributed by atoms with Crippen LogP contribution in [0.5, 0.6) is 0 Å². The predicted octanol–water partition coefficient (Wildman–Crippen LogP) is 3.30. The summed E-state index contributed by atoms with van der Waals surface area (Å²) in [4.78, 5) is 36.6. The Bertz CT molecular complexity index is 937. The average molecular weight is 434 g/mol. The molecule has 1 fully saturated rings. The van der Waals surface area contributed by atoms with Crippen LogP contribution in [0.3, 0.4) is 0 Å². The van der Waals surface area contributed by atoms with Gasteiger partial charge in [-0.15, -0.1) is 0 Å². The molecule has 9 nitrogen and oxygen atoms in total. The number of aldehydes is 1. The maximum Gasteiger partial charge on any atom is 0.228 e. The van der Waals surface area contributed by atoms with Crippen molar-refractivity contribution in [3.63, 3.8) is 0 Å². The Hall–Kier alpha value is -2.17. The van der Waals surface area contributed by atoms with E-state index in [9.17, 15) is 9.59 Å². The number of hydrogen-bond acceptors (Lipinski definition) is 7. The van der Waals surface area contributed by atoms with E-state index in [1.165, 1.54) is 6.33 Å². The number of imidazole rings is 1. The van der Waals surface area contributed by atoms with E-state index in [1.807, 2.05) is 0 Å². The largest absolute Gasteiger partial charge is 0.411 e. The van der Waals surface area contributed by atoms with Crippen LogP contribution >= 0.6 is 0 Å². The van der Waals surface area contributed by atoms with Gasteiger partial charge in [0.1, 0.15) is 18.7 Å². The number of ether oxygens (including phenoxy) is 1. The summed E-state index contributed by atoms with van der Waals surface area (Å²) in [7, 11) is -2.07. The molecule has 3 rings (SSSR count).